The molecule has 188 valence electrons. The summed E-state index contributed by atoms with van der Waals surface area (Å²) in [6.45, 7) is 2.47. The highest BCUT2D eigenvalue weighted by atomic mass is 16.5. The van der Waals surface area contributed by atoms with Gasteiger partial charge in [-0.25, -0.2) is 4.79 Å². The van der Waals surface area contributed by atoms with E-state index >= 15 is 0 Å². The van der Waals surface area contributed by atoms with Gasteiger partial charge in [-0.1, -0.05) is 74.4 Å². The summed E-state index contributed by atoms with van der Waals surface area (Å²) in [7, 11) is 0. The number of hydrogen-bond acceptors (Lipinski definition) is 5. The number of carbonyl (C=O) groups excluding carboxylic acids is 1. The number of nitrogens with zero attached hydrogens (tertiary/aromatic N) is 1. The Kier molecular flexibility index (Phi) is 16.8. The molecule has 35 heavy (non-hydrogen) atoms. The minimum Gasteiger partial charge on any atom is -0.504 e. The third-order valence-electron chi connectivity index (χ3n) is 5.11. The minimum absolute atomic E-state index is 0.157. The molecule has 1 aromatic rings. The molecule has 0 radical (unpaired) electrons. The zero-order chi connectivity index (χ0) is 25.6. The second-order valence-electron chi connectivity index (χ2n) is 8.14. The summed E-state index contributed by atoms with van der Waals surface area (Å²) >= 11 is 0. The molecule has 0 amide bonds. The molecule has 0 aliphatic heterocycles. The van der Waals surface area contributed by atoms with Crippen molar-refractivity contribution in [2.75, 3.05) is 6.61 Å². The van der Waals surface area contributed by atoms with Crippen LogP contribution in [0.25, 0.3) is 6.08 Å². The van der Waals surface area contributed by atoms with Crippen LogP contribution in [-0.4, -0.2) is 22.8 Å². The van der Waals surface area contributed by atoms with Gasteiger partial charge in [0.2, 0.25) is 0 Å². The molecule has 0 spiro atoms. The van der Waals surface area contributed by atoms with Crippen molar-refractivity contribution >= 4 is 12.0 Å². The number of phenolic OH excluding ortho intramolecular Hbond substituents is 2. The first-order valence-corrected chi connectivity index (χ1v) is 12.5. The maximum Gasteiger partial charge on any atom is 0.348 e. The van der Waals surface area contributed by atoms with Crippen molar-refractivity contribution in [2.45, 2.75) is 71.1 Å². The average molecular weight is 478 g/mol. The summed E-state index contributed by atoms with van der Waals surface area (Å²) in [5.41, 5.74) is 0.268. The van der Waals surface area contributed by atoms with E-state index in [0.29, 0.717) is 12.0 Å². The molecular formula is C30H39NO4. The van der Waals surface area contributed by atoms with Gasteiger partial charge in [0, 0.05) is 0 Å². The van der Waals surface area contributed by atoms with Crippen LogP contribution in [0.3, 0.4) is 0 Å². The van der Waals surface area contributed by atoms with Gasteiger partial charge >= 0.3 is 5.97 Å². The number of rotatable bonds is 17. The van der Waals surface area contributed by atoms with Gasteiger partial charge < -0.3 is 14.9 Å². The zero-order valence-corrected chi connectivity index (χ0v) is 20.9. The maximum atomic E-state index is 12.1. The van der Waals surface area contributed by atoms with Crippen LogP contribution < -0.4 is 0 Å². The summed E-state index contributed by atoms with van der Waals surface area (Å²) in [6, 6.07) is 5.87. The predicted octanol–water partition coefficient (Wildman–Crippen LogP) is 7.69. The Labute approximate surface area is 210 Å². The molecule has 0 aliphatic rings. The molecule has 0 saturated carbocycles. The smallest absolute Gasteiger partial charge is 0.348 e. The fourth-order valence-corrected chi connectivity index (χ4v) is 3.10. The van der Waals surface area contributed by atoms with E-state index in [1.807, 2.05) is 6.07 Å². The zero-order valence-electron chi connectivity index (χ0n) is 20.9. The first-order valence-electron chi connectivity index (χ1n) is 12.5. The Hall–Kier alpha value is -3.52. The summed E-state index contributed by atoms with van der Waals surface area (Å²) in [5, 5.41) is 28.0. The normalized spacial score (nSPS) is 12.3. The van der Waals surface area contributed by atoms with E-state index in [0.717, 1.165) is 32.1 Å². The van der Waals surface area contributed by atoms with Crippen molar-refractivity contribution in [1.29, 1.82) is 5.26 Å². The lowest BCUT2D eigenvalue weighted by Crippen LogP contribution is -2.07. The summed E-state index contributed by atoms with van der Waals surface area (Å²) in [5.74, 6) is -1.28. The Bertz CT molecular complexity index is 932. The molecule has 0 fully saturated rings. The quantitative estimate of drug-likeness (QED) is 0.0599. The summed E-state index contributed by atoms with van der Waals surface area (Å²) < 4.78 is 5.16. The number of benzene rings is 1. The summed E-state index contributed by atoms with van der Waals surface area (Å²) in [6.07, 6.45) is 29.3. The number of hydrogen-bond donors (Lipinski definition) is 2. The second-order valence-corrected chi connectivity index (χ2v) is 8.14. The molecule has 0 aromatic heterocycles. The number of esters is 1. The van der Waals surface area contributed by atoms with E-state index in [1.165, 1.54) is 50.0 Å². The molecule has 0 saturated heterocycles. The Morgan fingerprint density at radius 3 is 1.97 bits per heavy atom. The van der Waals surface area contributed by atoms with Crippen molar-refractivity contribution in [1.82, 2.24) is 0 Å². The minimum atomic E-state index is -0.696. The number of nitriles is 1. The first kappa shape index (κ1) is 29.5. The van der Waals surface area contributed by atoms with Gasteiger partial charge in [-0.2, -0.15) is 5.26 Å². The molecule has 0 unspecified atom stereocenters. The highest BCUT2D eigenvalue weighted by molar-refractivity contribution is 5.97. The van der Waals surface area contributed by atoms with Gasteiger partial charge in [0.15, 0.2) is 11.5 Å². The van der Waals surface area contributed by atoms with Gasteiger partial charge in [-0.05, 0) is 75.1 Å². The van der Waals surface area contributed by atoms with Crippen LogP contribution in [-0.2, 0) is 9.53 Å². The van der Waals surface area contributed by atoms with Gasteiger partial charge in [0.05, 0.1) is 6.61 Å². The molecule has 2 N–H and O–H groups in total. The third-order valence-corrected chi connectivity index (χ3v) is 5.11. The Morgan fingerprint density at radius 1 is 0.857 bits per heavy atom. The van der Waals surface area contributed by atoms with Crippen molar-refractivity contribution < 1.29 is 19.7 Å². The van der Waals surface area contributed by atoms with Crippen molar-refractivity contribution in [3.8, 4) is 17.6 Å². The molecule has 1 rings (SSSR count). The predicted molar refractivity (Wildman–Crippen MR) is 143 cm³/mol. The molecular weight excluding hydrogens is 438 g/mol. The molecule has 5 nitrogen and oxygen atoms in total. The molecule has 0 atom stereocenters. The van der Waals surface area contributed by atoms with Gasteiger partial charge in [-0.15, -0.1) is 0 Å². The number of unbranched alkanes of at least 4 members (excludes halogenated alkanes) is 5. The monoisotopic (exact) mass is 477 g/mol. The van der Waals surface area contributed by atoms with E-state index in [2.05, 4.69) is 55.5 Å². The highest BCUT2D eigenvalue weighted by Gasteiger charge is 2.11. The molecule has 0 bridgehead atoms. The van der Waals surface area contributed by atoms with Crippen molar-refractivity contribution in [2.24, 2.45) is 0 Å². The number of phenols is 2. The topological polar surface area (TPSA) is 90.6 Å². The molecule has 5 heteroatoms. The molecule has 1 aromatic carbocycles. The maximum absolute atomic E-state index is 12.1. The number of ether oxygens (including phenoxy) is 1. The number of aromatic hydroxyl groups is 2. The first-order chi connectivity index (χ1) is 17.1. The van der Waals surface area contributed by atoms with E-state index in [4.69, 9.17) is 4.74 Å². The van der Waals surface area contributed by atoms with Gasteiger partial charge in [0.25, 0.3) is 0 Å². The van der Waals surface area contributed by atoms with E-state index in [-0.39, 0.29) is 23.7 Å². The van der Waals surface area contributed by atoms with Crippen LogP contribution in [0.1, 0.15) is 76.7 Å². The van der Waals surface area contributed by atoms with E-state index in [9.17, 15) is 20.3 Å². The summed E-state index contributed by atoms with van der Waals surface area (Å²) in [4.78, 5) is 12.1. The second kappa shape index (κ2) is 19.9. The Balaban J connectivity index is 2.12. The lowest BCUT2D eigenvalue weighted by Gasteiger charge is -2.04. The average Bonchev–Trinajstić information content (AvgIpc) is 2.85. The fourth-order valence-electron chi connectivity index (χ4n) is 3.10. The van der Waals surface area contributed by atoms with Crippen LogP contribution in [0.15, 0.2) is 72.4 Å². The van der Waals surface area contributed by atoms with Crippen LogP contribution >= 0.6 is 0 Å². The number of allylic oxidation sites excluding steroid dienone is 8. The largest absolute Gasteiger partial charge is 0.504 e. The molecule has 0 heterocycles. The lowest BCUT2D eigenvalue weighted by atomic mass is 10.1. The standard InChI is InChI=1S/C30H39NO4/c1-2-3-4-5-6-7-8-9-10-11-12-13-14-15-16-17-18-19-22-35-30(34)27(25-31)23-26-20-21-28(32)29(33)24-26/h6-7,9-10,12-13,15-16,20-21,23-24,32-33H,2-5,8,11,14,17-19,22H2,1H3. The van der Waals surface area contributed by atoms with Crippen molar-refractivity contribution in [3.63, 3.8) is 0 Å². The van der Waals surface area contributed by atoms with E-state index in [1.54, 1.807) is 0 Å². The fraction of sp³-hybridized carbons (Fsp3) is 0.400. The van der Waals surface area contributed by atoms with E-state index < -0.39 is 5.97 Å². The number of carbonyl (C=O) groups is 1. The SMILES string of the molecule is CCCCCC=CCC=CCC=CCC=CCCCCOC(=O)C(C#N)=Cc1ccc(O)c(O)c1. The van der Waals surface area contributed by atoms with Gasteiger partial charge in [0.1, 0.15) is 11.6 Å². The van der Waals surface area contributed by atoms with Gasteiger partial charge in [-0.3, -0.25) is 0 Å². The van der Waals surface area contributed by atoms with Crippen LogP contribution in [0.4, 0.5) is 0 Å². The van der Waals surface area contributed by atoms with Crippen molar-refractivity contribution in [3.05, 3.63) is 77.9 Å². The third kappa shape index (κ3) is 15.1. The Morgan fingerprint density at radius 2 is 1.43 bits per heavy atom. The van der Waals surface area contributed by atoms with Crippen LogP contribution in [0.2, 0.25) is 0 Å². The molecule has 0 aliphatic carbocycles. The lowest BCUT2D eigenvalue weighted by molar-refractivity contribution is -0.138. The van der Waals surface area contributed by atoms with Crippen LogP contribution in [0.5, 0.6) is 11.5 Å². The van der Waals surface area contributed by atoms with Crippen LogP contribution in [0, 0.1) is 11.3 Å². The highest BCUT2D eigenvalue weighted by Crippen LogP contribution is 2.26.